The molecule has 2 rings (SSSR count). The van der Waals surface area contributed by atoms with Crippen LogP contribution in [0.4, 0.5) is 9.18 Å². The number of nitrogens with one attached hydrogen (secondary N) is 2. The molecule has 0 aliphatic carbocycles. The fraction of sp³-hybridized carbons (Fsp3) is 0.222. The Morgan fingerprint density at radius 1 is 1.04 bits per heavy atom. The number of hydrogen-bond acceptors (Lipinski definition) is 2. The summed E-state index contributed by atoms with van der Waals surface area (Å²) in [7, 11) is 0. The van der Waals surface area contributed by atoms with Crippen LogP contribution in [0, 0.1) is 5.82 Å². The lowest BCUT2D eigenvalue weighted by atomic mass is 10.1. The molecule has 0 radical (unpaired) electrons. The van der Waals surface area contributed by atoms with Crippen LogP contribution in [0.15, 0.2) is 54.6 Å². The van der Waals surface area contributed by atoms with Crippen molar-refractivity contribution in [3.05, 3.63) is 71.5 Å². The average molecular weight is 329 g/mol. The van der Waals surface area contributed by atoms with E-state index in [0.717, 1.165) is 5.56 Å². The highest BCUT2D eigenvalue weighted by molar-refractivity contribution is 5.86. The highest BCUT2D eigenvalue weighted by atomic mass is 19.1. The maximum atomic E-state index is 13.5. The molecule has 1 atom stereocenters. The third-order valence-corrected chi connectivity index (χ3v) is 3.57. The molecule has 1 unspecified atom stereocenters. The Hall–Kier alpha value is -2.89. The Morgan fingerprint density at radius 3 is 2.38 bits per heavy atom. The van der Waals surface area contributed by atoms with Crippen LogP contribution in [-0.4, -0.2) is 24.5 Å². The van der Waals surface area contributed by atoms with Crippen molar-refractivity contribution in [2.45, 2.75) is 18.9 Å². The maximum Gasteiger partial charge on any atom is 0.312 e. The van der Waals surface area contributed by atoms with E-state index >= 15 is 0 Å². The van der Waals surface area contributed by atoms with Gasteiger partial charge in [0.05, 0.1) is 0 Å². The van der Waals surface area contributed by atoms with Gasteiger partial charge in [0.15, 0.2) is 0 Å². The van der Waals surface area contributed by atoms with Crippen LogP contribution in [0.1, 0.15) is 11.1 Å². The number of amides is 3. The molecule has 6 heteroatoms. The SMILES string of the molecule is NC(=O)NC(Cc1ccccc1)C(=O)NCCc1ccccc1F. The van der Waals surface area contributed by atoms with Crippen LogP contribution < -0.4 is 16.4 Å². The number of hydrogen-bond donors (Lipinski definition) is 3. The number of benzene rings is 2. The molecule has 0 fully saturated rings. The number of nitrogens with two attached hydrogens (primary N) is 1. The van der Waals surface area contributed by atoms with E-state index in [0.29, 0.717) is 18.4 Å². The van der Waals surface area contributed by atoms with Crippen molar-refractivity contribution in [3.63, 3.8) is 0 Å². The van der Waals surface area contributed by atoms with Gasteiger partial charge in [0.1, 0.15) is 11.9 Å². The van der Waals surface area contributed by atoms with Gasteiger partial charge in [-0.15, -0.1) is 0 Å². The molecule has 0 saturated carbocycles. The minimum Gasteiger partial charge on any atom is -0.354 e. The van der Waals surface area contributed by atoms with Crippen LogP contribution in [0.25, 0.3) is 0 Å². The Kier molecular flexibility index (Phi) is 6.31. The molecule has 2 aromatic rings. The van der Waals surface area contributed by atoms with Gasteiger partial charge >= 0.3 is 6.03 Å². The highest BCUT2D eigenvalue weighted by Gasteiger charge is 2.19. The summed E-state index contributed by atoms with van der Waals surface area (Å²) in [6.45, 7) is 0.269. The van der Waals surface area contributed by atoms with Gasteiger partial charge in [0.25, 0.3) is 0 Å². The zero-order valence-electron chi connectivity index (χ0n) is 13.2. The van der Waals surface area contributed by atoms with Crippen molar-refractivity contribution < 1.29 is 14.0 Å². The molecule has 0 aliphatic rings. The van der Waals surface area contributed by atoms with E-state index in [-0.39, 0.29) is 18.3 Å². The lowest BCUT2D eigenvalue weighted by Gasteiger charge is -2.17. The van der Waals surface area contributed by atoms with E-state index in [9.17, 15) is 14.0 Å². The first-order chi connectivity index (χ1) is 11.6. The zero-order valence-corrected chi connectivity index (χ0v) is 13.2. The molecule has 3 amide bonds. The van der Waals surface area contributed by atoms with Crippen LogP contribution >= 0.6 is 0 Å². The van der Waals surface area contributed by atoms with E-state index in [1.165, 1.54) is 6.07 Å². The monoisotopic (exact) mass is 329 g/mol. The molecule has 0 spiro atoms. The molecular weight excluding hydrogens is 309 g/mol. The fourth-order valence-corrected chi connectivity index (χ4v) is 2.38. The summed E-state index contributed by atoms with van der Waals surface area (Å²) in [4.78, 5) is 23.4. The minimum absolute atomic E-state index is 0.269. The van der Waals surface area contributed by atoms with Gasteiger partial charge < -0.3 is 16.4 Å². The van der Waals surface area contributed by atoms with Crippen molar-refractivity contribution in [1.29, 1.82) is 0 Å². The quantitative estimate of drug-likeness (QED) is 0.723. The molecule has 2 aromatic carbocycles. The number of carbonyl (C=O) groups excluding carboxylic acids is 2. The number of halogens is 1. The normalized spacial score (nSPS) is 11.5. The second-order valence-electron chi connectivity index (χ2n) is 5.38. The molecule has 0 aliphatic heterocycles. The number of urea groups is 1. The van der Waals surface area contributed by atoms with Crippen molar-refractivity contribution in [1.82, 2.24) is 10.6 Å². The minimum atomic E-state index is -0.773. The third kappa shape index (κ3) is 5.39. The Bertz CT molecular complexity index is 692. The molecule has 5 nitrogen and oxygen atoms in total. The van der Waals surface area contributed by atoms with Crippen LogP contribution in [-0.2, 0) is 17.6 Å². The zero-order chi connectivity index (χ0) is 17.4. The number of carbonyl (C=O) groups is 2. The van der Waals surface area contributed by atoms with E-state index in [1.54, 1.807) is 18.2 Å². The summed E-state index contributed by atoms with van der Waals surface area (Å²) in [5.41, 5.74) is 6.58. The maximum absolute atomic E-state index is 13.5. The van der Waals surface area contributed by atoms with Crippen LogP contribution in [0.5, 0.6) is 0 Å². The van der Waals surface area contributed by atoms with Gasteiger partial charge in [-0.1, -0.05) is 48.5 Å². The Morgan fingerprint density at radius 2 is 1.71 bits per heavy atom. The topological polar surface area (TPSA) is 84.2 Å². The average Bonchev–Trinajstić information content (AvgIpc) is 2.56. The predicted molar refractivity (Wildman–Crippen MR) is 89.8 cm³/mol. The van der Waals surface area contributed by atoms with Gasteiger partial charge in [-0.3, -0.25) is 4.79 Å². The molecule has 4 N–H and O–H groups in total. The third-order valence-electron chi connectivity index (χ3n) is 3.57. The van der Waals surface area contributed by atoms with Gasteiger partial charge in [-0.05, 0) is 23.6 Å². The largest absolute Gasteiger partial charge is 0.354 e. The molecule has 24 heavy (non-hydrogen) atoms. The van der Waals surface area contributed by atoms with E-state index < -0.39 is 12.1 Å². The molecule has 0 heterocycles. The first-order valence-electron chi connectivity index (χ1n) is 7.67. The molecular formula is C18H20FN3O2. The first-order valence-corrected chi connectivity index (χ1v) is 7.67. The van der Waals surface area contributed by atoms with E-state index in [1.807, 2.05) is 30.3 Å². The predicted octanol–water partition coefficient (Wildman–Crippen LogP) is 1.76. The summed E-state index contributed by atoms with van der Waals surface area (Å²) < 4.78 is 13.5. The standard InChI is InChI=1S/C18H20FN3O2/c19-15-9-5-4-8-14(15)10-11-21-17(23)16(22-18(20)24)12-13-6-2-1-3-7-13/h1-9,16H,10-12H2,(H,21,23)(H3,20,22,24). The van der Waals surface area contributed by atoms with E-state index in [4.69, 9.17) is 5.73 Å². The van der Waals surface area contributed by atoms with E-state index in [2.05, 4.69) is 10.6 Å². The number of rotatable bonds is 7. The first kappa shape index (κ1) is 17.5. The molecule has 0 aromatic heterocycles. The van der Waals surface area contributed by atoms with Crippen molar-refractivity contribution in [2.75, 3.05) is 6.54 Å². The Balaban J connectivity index is 1.92. The van der Waals surface area contributed by atoms with Gasteiger partial charge in [0, 0.05) is 13.0 Å². The smallest absolute Gasteiger partial charge is 0.312 e. The summed E-state index contributed by atoms with van der Waals surface area (Å²) in [6, 6.07) is 14.2. The molecule has 126 valence electrons. The van der Waals surface area contributed by atoms with Crippen molar-refractivity contribution in [3.8, 4) is 0 Å². The summed E-state index contributed by atoms with van der Waals surface area (Å²) in [5.74, 6) is -0.656. The highest BCUT2D eigenvalue weighted by Crippen LogP contribution is 2.07. The number of primary amides is 1. The Labute approximate surface area is 140 Å². The lowest BCUT2D eigenvalue weighted by molar-refractivity contribution is -0.122. The summed E-state index contributed by atoms with van der Waals surface area (Å²) in [5, 5.41) is 5.15. The molecule has 0 saturated heterocycles. The lowest BCUT2D eigenvalue weighted by Crippen LogP contribution is -2.50. The van der Waals surface area contributed by atoms with Crippen molar-refractivity contribution >= 4 is 11.9 Å². The van der Waals surface area contributed by atoms with Gasteiger partial charge in [-0.25, -0.2) is 9.18 Å². The fourth-order valence-electron chi connectivity index (χ4n) is 2.38. The van der Waals surface area contributed by atoms with Crippen LogP contribution in [0.3, 0.4) is 0 Å². The summed E-state index contributed by atoms with van der Waals surface area (Å²) >= 11 is 0. The second kappa shape index (κ2) is 8.67. The van der Waals surface area contributed by atoms with Crippen molar-refractivity contribution in [2.24, 2.45) is 5.73 Å². The van der Waals surface area contributed by atoms with Gasteiger partial charge in [-0.2, -0.15) is 0 Å². The van der Waals surface area contributed by atoms with Gasteiger partial charge in [0.2, 0.25) is 5.91 Å². The molecule has 0 bridgehead atoms. The summed E-state index contributed by atoms with van der Waals surface area (Å²) in [6.07, 6.45) is 0.697. The van der Waals surface area contributed by atoms with Crippen LogP contribution in [0.2, 0.25) is 0 Å². The second-order valence-corrected chi connectivity index (χ2v) is 5.38.